The number of nitriles is 1. The second-order valence-corrected chi connectivity index (χ2v) is 3.85. The normalized spacial score (nSPS) is 13.8. The van der Waals surface area contributed by atoms with E-state index in [0.29, 0.717) is 6.42 Å². The molecule has 0 radical (unpaired) electrons. The molecule has 2 rings (SSSR count). The predicted octanol–water partition coefficient (Wildman–Crippen LogP) is 2.29. The van der Waals surface area contributed by atoms with E-state index in [1.165, 1.54) is 12.0 Å². The zero-order valence-corrected chi connectivity index (χ0v) is 8.79. The number of aryl methyl sites for hydroxylation is 2. The standard InChI is InChI=1S/C12H15N3/c13-8-2-1-5-11-7-6-10-4-3-9-14-12(10)15-11/h6-7H,1-5,9H2,(H,14,15). The van der Waals surface area contributed by atoms with E-state index < -0.39 is 0 Å². The molecule has 1 aromatic rings. The van der Waals surface area contributed by atoms with Crippen molar-refractivity contribution in [3.63, 3.8) is 0 Å². The van der Waals surface area contributed by atoms with Crippen molar-refractivity contribution in [1.82, 2.24) is 4.98 Å². The van der Waals surface area contributed by atoms with E-state index in [2.05, 4.69) is 28.5 Å². The Morgan fingerprint density at radius 1 is 1.47 bits per heavy atom. The average Bonchev–Trinajstić information content (AvgIpc) is 2.29. The minimum absolute atomic E-state index is 0.617. The Labute approximate surface area is 90.1 Å². The van der Waals surface area contributed by atoms with Crippen LogP contribution in [0.1, 0.15) is 30.5 Å². The maximum Gasteiger partial charge on any atom is 0.129 e. The van der Waals surface area contributed by atoms with Gasteiger partial charge in [0.05, 0.1) is 6.07 Å². The lowest BCUT2D eigenvalue weighted by atomic mass is 10.1. The fourth-order valence-corrected chi connectivity index (χ4v) is 1.86. The summed E-state index contributed by atoms with van der Waals surface area (Å²) in [5.41, 5.74) is 2.42. The number of pyridine rings is 1. The van der Waals surface area contributed by atoms with Crippen molar-refractivity contribution >= 4 is 5.82 Å². The third-order valence-electron chi connectivity index (χ3n) is 2.67. The zero-order valence-electron chi connectivity index (χ0n) is 8.79. The summed E-state index contributed by atoms with van der Waals surface area (Å²) < 4.78 is 0. The van der Waals surface area contributed by atoms with Crippen LogP contribution in [-0.4, -0.2) is 11.5 Å². The molecule has 3 nitrogen and oxygen atoms in total. The van der Waals surface area contributed by atoms with Crippen molar-refractivity contribution in [1.29, 1.82) is 5.26 Å². The average molecular weight is 201 g/mol. The van der Waals surface area contributed by atoms with E-state index in [9.17, 15) is 0 Å². The Morgan fingerprint density at radius 2 is 2.40 bits per heavy atom. The fraction of sp³-hybridized carbons (Fsp3) is 0.500. The van der Waals surface area contributed by atoms with Gasteiger partial charge in [-0.2, -0.15) is 5.26 Å². The van der Waals surface area contributed by atoms with Gasteiger partial charge in [-0.15, -0.1) is 0 Å². The minimum Gasteiger partial charge on any atom is -0.370 e. The van der Waals surface area contributed by atoms with Gasteiger partial charge in [0.25, 0.3) is 0 Å². The van der Waals surface area contributed by atoms with Gasteiger partial charge in [-0.25, -0.2) is 4.98 Å². The van der Waals surface area contributed by atoms with Crippen LogP contribution in [0.15, 0.2) is 12.1 Å². The van der Waals surface area contributed by atoms with E-state index in [1.54, 1.807) is 0 Å². The van der Waals surface area contributed by atoms with Crippen molar-refractivity contribution in [3.8, 4) is 6.07 Å². The van der Waals surface area contributed by atoms with E-state index in [1.807, 2.05) is 0 Å². The summed E-state index contributed by atoms with van der Waals surface area (Å²) in [5.74, 6) is 1.05. The van der Waals surface area contributed by atoms with Gasteiger partial charge in [0.15, 0.2) is 0 Å². The summed E-state index contributed by atoms with van der Waals surface area (Å²) in [6.07, 6.45) is 4.76. The van der Waals surface area contributed by atoms with E-state index >= 15 is 0 Å². The number of hydrogen-bond acceptors (Lipinski definition) is 3. The molecule has 0 aliphatic carbocycles. The largest absolute Gasteiger partial charge is 0.370 e. The first kappa shape index (κ1) is 9.97. The van der Waals surface area contributed by atoms with Gasteiger partial charge in [0.2, 0.25) is 0 Å². The van der Waals surface area contributed by atoms with Crippen molar-refractivity contribution in [2.75, 3.05) is 11.9 Å². The molecule has 1 aliphatic heterocycles. The monoisotopic (exact) mass is 201 g/mol. The highest BCUT2D eigenvalue weighted by Crippen LogP contribution is 2.20. The molecule has 0 aromatic carbocycles. The fourth-order valence-electron chi connectivity index (χ4n) is 1.86. The molecular formula is C12H15N3. The lowest BCUT2D eigenvalue weighted by Gasteiger charge is -2.17. The van der Waals surface area contributed by atoms with Gasteiger partial charge in [-0.05, 0) is 37.3 Å². The van der Waals surface area contributed by atoms with E-state index in [4.69, 9.17) is 5.26 Å². The molecule has 78 valence electrons. The molecule has 0 spiro atoms. The Balaban J connectivity index is 2.04. The van der Waals surface area contributed by atoms with Gasteiger partial charge >= 0.3 is 0 Å². The molecule has 0 amide bonds. The quantitative estimate of drug-likeness (QED) is 0.763. The SMILES string of the molecule is N#CCCCc1ccc2c(n1)NCCC2. The first-order valence-corrected chi connectivity index (χ1v) is 5.50. The summed E-state index contributed by atoms with van der Waals surface area (Å²) >= 11 is 0. The van der Waals surface area contributed by atoms with Gasteiger partial charge in [-0.3, -0.25) is 0 Å². The molecule has 2 heterocycles. The van der Waals surface area contributed by atoms with Crippen molar-refractivity contribution in [2.45, 2.75) is 32.1 Å². The molecule has 0 saturated carbocycles. The van der Waals surface area contributed by atoms with Crippen LogP contribution < -0.4 is 5.32 Å². The Kier molecular flexibility index (Phi) is 3.18. The number of rotatable bonds is 3. The highest BCUT2D eigenvalue weighted by Gasteiger charge is 2.09. The van der Waals surface area contributed by atoms with Crippen LogP contribution in [-0.2, 0) is 12.8 Å². The first-order chi connectivity index (χ1) is 7.40. The molecule has 3 heteroatoms. The predicted molar refractivity (Wildman–Crippen MR) is 59.6 cm³/mol. The number of fused-ring (bicyclic) bond motifs is 1. The Morgan fingerprint density at radius 3 is 3.27 bits per heavy atom. The summed E-state index contributed by atoms with van der Waals surface area (Å²) in [7, 11) is 0. The molecule has 0 saturated heterocycles. The molecule has 1 N–H and O–H groups in total. The zero-order chi connectivity index (χ0) is 10.5. The number of nitrogens with one attached hydrogen (secondary N) is 1. The van der Waals surface area contributed by atoms with Crippen LogP contribution in [0.5, 0.6) is 0 Å². The summed E-state index contributed by atoms with van der Waals surface area (Å²) in [5, 5.41) is 11.8. The third kappa shape index (κ3) is 2.47. The van der Waals surface area contributed by atoms with Crippen LogP contribution in [0.3, 0.4) is 0 Å². The molecule has 1 aromatic heterocycles. The molecule has 0 unspecified atom stereocenters. The highest BCUT2D eigenvalue weighted by atomic mass is 15.0. The Bertz CT molecular complexity index is 379. The van der Waals surface area contributed by atoms with Crippen LogP contribution in [0.4, 0.5) is 5.82 Å². The van der Waals surface area contributed by atoms with E-state index in [0.717, 1.165) is 37.3 Å². The first-order valence-electron chi connectivity index (χ1n) is 5.50. The lowest BCUT2D eigenvalue weighted by Crippen LogP contribution is -2.13. The molecule has 15 heavy (non-hydrogen) atoms. The topological polar surface area (TPSA) is 48.7 Å². The molecule has 0 fully saturated rings. The summed E-state index contributed by atoms with van der Waals surface area (Å²) in [6.45, 7) is 1.03. The maximum atomic E-state index is 8.45. The van der Waals surface area contributed by atoms with Crippen LogP contribution in [0, 0.1) is 11.3 Å². The summed E-state index contributed by atoms with van der Waals surface area (Å²) in [4.78, 5) is 4.56. The molecule has 1 aliphatic rings. The number of anilines is 1. The smallest absolute Gasteiger partial charge is 0.129 e. The lowest BCUT2D eigenvalue weighted by molar-refractivity contribution is 0.790. The van der Waals surface area contributed by atoms with Crippen LogP contribution in [0.2, 0.25) is 0 Å². The Hall–Kier alpha value is -1.56. The van der Waals surface area contributed by atoms with E-state index in [-0.39, 0.29) is 0 Å². The van der Waals surface area contributed by atoms with Gasteiger partial charge in [-0.1, -0.05) is 6.07 Å². The van der Waals surface area contributed by atoms with Crippen molar-refractivity contribution in [2.24, 2.45) is 0 Å². The molecule has 0 bridgehead atoms. The van der Waals surface area contributed by atoms with Crippen LogP contribution in [0.25, 0.3) is 0 Å². The second-order valence-electron chi connectivity index (χ2n) is 3.85. The molecule has 0 atom stereocenters. The van der Waals surface area contributed by atoms with Gasteiger partial charge in [0, 0.05) is 18.7 Å². The van der Waals surface area contributed by atoms with Crippen LogP contribution >= 0.6 is 0 Å². The van der Waals surface area contributed by atoms with Gasteiger partial charge < -0.3 is 5.32 Å². The van der Waals surface area contributed by atoms with Crippen molar-refractivity contribution in [3.05, 3.63) is 23.4 Å². The number of unbranched alkanes of at least 4 members (excludes halogenated alkanes) is 1. The van der Waals surface area contributed by atoms with Gasteiger partial charge in [0.1, 0.15) is 5.82 Å². The number of aromatic nitrogens is 1. The highest BCUT2D eigenvalue weighted by molar-refractivity contribution is 5.46. The summed E-state index contributed by atoms with van der Waals surface area (Å²) in [6, 6.07) is 6.41. The number of hydrogen-bond donors (Lipinski definition) is 1. The van der Waals surface area contributed by atoms with Crippen molar-refractivity contribution < 1.29 is 0 Å². The maximum absolute atomic E-state index is 8.45. The molecular weight excluding hydrogens is 186 g/mol. The number of nitrogens with zero attached hydrogens (tertiary/aromatic N) is 2. The minimum atomic E-state index is 0.617. The third-order valence-corrected chi connectivity index (χ3v) is 2.67. The second kappa shape index (κ2) is 4.79.